The molecule has 0 bridgehead atoms. The van der Waals surface area contributed by atoms with Crippen LogP contribution in [-0.2, 0) is 0 Å². The van der Waals surface area contributed by atoms with Crippen LogP contribution >= 0.6 is 0 Å². The van der Waals surface area contributed by atoms with Crippen molar-refractivity contribution in [2.45, 2.75) is 6.92 Å². The second-order valence-corrected chi connectivity index (χ2v) is 3.31. The van der Waals surface area contributed by atoms with Gasteiger partial charge in [0.2, 0.25) is 0 Å². The Morgan fingerprint density at radius 2 is 2.38 bits per heavy atom. The number of nitrogens with zero attached hydrogens (tertiary/aromatic N) is 4. The highest BCUT2D eigenvalue weighted by Crippen LogP contribution is 2.18. The quantitative estimate of drug-likeness (QED) is 0.773. The molecule has 0 atom stereocenters. The molecule has 0 unspecified atom stereocenters. The van der Waals surface area contributed by atoms with E-state index in [0.717, 1.165) is 16.9 Å². The topological polar surface area (TPSA) is 55.6 Å². The Balaban J connectivity index is 2.33. The van der Waals surface area contributed by atoms with Gasteiger partial charge in [-0.1, -0.05) is 12.0 Å². The lowest BCUT2D eigenvalue weighted by atomic mass is 10.2. The molecule has 2 rings (SSSR count). The molecule has 0 saturated heterocycles. The number of anilines is 1. The number of nitrogens with one attached hydrogen (secondary N) is 1. The zero-order valence-electron chi connectivity index (χ0n) is 8.88. The third-order valence-corrected chi connectivity index (χ3v) is 2.22. The predicted molar refractivity (Wildman–Crippen MR) is 61.2 cm³/mol. The first-order chi connectivity index (χ1) is 7.81. The number of hydrogen-bond acceptors (Lipinski definition) is 4. The van der Waals surface area contributed by atoms with Crippen LogP contribution in [0.4, 0.5) is 5.69 Å². The van der Waals surface area contributed by atoms with Gasteiger partial charge in [-0.2, -0.15) is 0 Å². The molecular weight excluding hydrogens is 202 g/mol. The molecule has 0 aliphatic heterocycles. The van der Waals surface area contributed by atoms with Crippen molar-refractivity contribution < 1.29 is 0 Å². The Hall–Kier alpha value is -2.35. The largest absolute Gasteiger partial charge is 0.374 e. The van der Waals surface area contributed by atoms with Gasteiger partial charge in [0.05, 0.1) is 12.2 Å². The Labute approximate surface area is 93.5 Å². The summed E-state index contributed by atoms with van der Waals surface area (Å²) in [6.07, 6.45) is 6.76. The van der Waals surface area contributed by atoms with E-state index in [1.165, 1.54) is 0 Å². The first-order valence-electron chi connectivity index (χ1n) is 4.82. The Bertz CT molecular complexity index is 510. The molecule has 80 valence electrons. The van der Waals surface area contributed by atoms with Crippen LogP contribution in [0.25, 0.3) is 5.69 Å². The van der Waals surface area contributed by atoms with E-state index in [1.807, 2.05) is 25.1 Å². The molecule has 2 aromatic rings. The molecule has 0 spiro atoms. The van der Waals surface area contributed by atoms with Gasteiger partial charge in [0.15, 0.2) is 0 Å². The van der Waals surface area contributed by atoms with Crippen LogP contribution < -0.4 is 5.32 Å². The summed E-state index contributed by atoms with van der Waals surface area (Å²) in [6.45, 7) is 2.52. The van der Waals surface area contributed by atoms with Crippen molar-refractivity contribution in [2.75, 3.05) is 11.9 Å². The maximum Gasteiger partial charge on any atom is 0.143 e. The minimum atomic E-state index is 0.500. The molecule has 5 nitrogen and oxygen atoms in total. The van der Waals surface area contributed by atoms with Crippen molar-refractivity contribution in [2.24, 2.45) is 0 Å². The van der Waals surface area contributed by atoms with Gasteiger partial charge in [-0.15, -0.1) is 11.5 Å². The van der Waals surface area contributed by atoms with Gasteiger partial charge in [0.25, 0.3) is 0 Å². The third-order valence-electron chi connectivity index (χ3n) is 2.22. The van der Waals surface area contributed by atoms with Crippen molar-refractivity contribution >= 4 is 5.69 Å². The van der Waals surface area contributed by atoms with Gasteiger partial charge in [0.1, 0.15) is 6.33 Å². The lowest BCUT2D eigenvalue weighted by Gasteiger charge is -2.08. The van der Waals surface area contributed by atoms with Crippen LogP contribution in [0.15, 0.2) is 24.5 Å². The van der Waals surface area contributed by atoms with E-state index in [2.05, 4.69) is 26.8 Å². The lowest BCUT2D eigenvalue weighted by Crippen LogP contribution is -2.02. The molecule has 0 aliphatic carbocycles. The number of aryl methyl sites for hydroxylation is 1. The third kappa shape index (κ3) is 2.01. The highest BCUT2D eigenvalue weighted by atomic mass is 15.5. The van der Waals surface area contributed by atoms with Crippen molar-refractivity contribution in [3.05, 3.63) is 30.1 Å². The van der Waals surface area contributed by atoms with Gasteiger partial charge in [-0.3, -0.25) is 0 Å². The zero-order chi connectivity index (χ0) is 11.4. The van der Waals surface area contributed by atoms with Gasteiger partial charge < -0.3 is 5.32 Å². The number of tetrazole rings is 1. The van der Waals surface area contributed by atoms with Crippen molar-refractivity contribution in [3.8, 4) is 18.0 Å². The molecule has 0 fully saturated rings. The van der Waals surface area contributed by atoms with Gasteiger partial charge >= 0.3 is 0 Å². The van der Waals surface area contributed by atoms with E-state index in [0.29, 0.717) is 6.54 Å². The summed E-state index contributed by atoms with van der Waals surface area (Å²) in [5.74, 6) is 2.54. The van der Waals surface area contributed by atoms with Crippen molar-refractivity contribution in [1.82, 2.24) is 20.2 Å². The van der Waals surface area contributed by atoms with Gasteiger partial charge in [-0.25, -0.2) is 4.68 Å². The molecule has 1 aromatic heterocycles. The second kappa shape index (κ2) is 4.45. The Morgan fingerprint density at radius 1 is 1.50 bits per heavy atom. The fourth-order valence-electron chi connectivity index (χ4n) is 1.37. The molecule has 0 radical (unpaired) electrons. The van der Waals surface area contributed by atoms with Crippen LogP contribution in [0.1, 0.15) is 5.56 Å². The van der Waals surface area contributed by atoms with Crippen molar-refractivity contribution in [3.63, 3.8) is 0 Å². The molecule has 1 N–H and O–H groups in total. The van der Waals surface area contributed by atoms with E-state index in [-0.39, 0.29) is 0 Å². The molecule has 1 heterocycles. The summed E-state index contributed by atoms with van der Waals surface area (Å²) in [5.41, 5.74) is 3.02. The summed E-state index contributed by atoms with van der Waals surface area (Å²) in [7, 11) is 0. The smallest absolute Gasteiger partial charge is 0.143 e. The monoisotopic (exact) mass is 213 g/mol. The summed E-state index contributed by atoms with van der Waals surface area (Å²) in [6, 6.07) is 5.91. The summed E-state index contributed by atoms with van der Waals surface area (Å²) < 4.78 is 1.60. The van der Waals surface area contributed by atoms with Crippen LogP contribution in [-0.4, -0.2) is 26.8 Å². The molecule has 0 amide bonds. The van der Waals surface area contributed by atoms with E-state index in [1.54, 1.807) is 11.0 Å². The molecule has 5 heteroatoms. The minimum absolute atomic E-state index is 0.500. The second-order valence-electron chi connectivity index (χ2n) is 3.31. The Kier molecular flexibility index (Phi) is 2.83. The molecular formula is C11H11N5. The van der Waals surface area contributed by atoms with Crippen LogP contribution in [0, 0.1) is 19.3 Å². The number of rotatable bonds is 3. The zero-order valence-corrected chi connectivity index (χ0v) is 8.88. The first-order valence-corrected chi connectivity index (χ1v) is 4.82. The highest BCUT2D eigenvalue weighted by molar-refractivity contribution is 5.56. The number of benzene rings is 1. The maximum absolute atomic E-state index is 5.21. The molecule has 1 aromatic carbocycles. The number of hydrogen-bond donors (Lipinski definition) is 1. The minimum Gasteiger partial charge on any atom is -0.374 e. The van der Waals surface area contributed by atoms with E-state index >= 15 is 0 Å². The Morgan fingerprint density at radius 3 is 3.06 bits per heavy atom. The molecule has 0 aliphatic rings. The van der Waals surface area contributed by atoms with E-state index in [4.69, 9.17) is 6.42 Å². The summed E-state index contributed by atoms with van der Waals surface area (Å²) >= 11 is 0. The SMILES string of the molecule is C#CCNc1cc(-n2cnnn2)ccc1C. The lowest BCUT2D eigenvalue weighted by molar-refractivity contribution is 0.789. The molecule has 0 saturated carbocycles. The van der Waals surface area contributed by atoms with Crippen molar-refractivity contribution in [1.29, 1.82) is 0 Å². The van der Waals surface area contributed by atoms with Gasteiger partial charge in [-0.05, 0) is 35.0 Å². The van der Waals surface area contributed by atoms with E-state index < -0.39 is 0 Å². The predicted octanol–water partition coefficient (Wildman–Crippen LogP) is 1.02. The summed E-state index contributed by atoms with van der Waals surface area (Å²) in [4.78, 5) is 0. The van der Waals surface area contributed by atoms with E-state index in [9.17, 15) is 0 Å². The first kappa shape index (κ1) is 10.2. The average Bonchev–Trinajstić information content (AvgIpc) is 2.81. The van der Waals surface area contributed by atoms with Crippen LogP contribution in [0.2, 0.25) is 0 Å². The molecule has 16 heavy (non-hydrogen) atoms. The standard InChI is InChI=1S/C11H11N5/c1-3-6-12-11-7-10(5-4-9(11)2)16-8-13-14-15-16/h1,4-5,7-8,12H,6H2,2H3. The fraction of sp³-hybridized carbons (Fsp3) is 0.182. The van der Waals surface area contributed by atoms with Gasteiger partial charge in [0, 0.05) is 5.69 Å². The maximum atomic E-state index is 5.21. The summed E-state index contributed by atoms with van der Waals surface area (Å²) in [5, 5.41) is 14.2. The number of terminal acetylenes is 1. The number of aromatic nitrogens is 4. The van der Waals surface area contributed by atoms with Crippen LogP contribution in [0.3, 0.4) is 0 Å². The average molecular weight is 213 g/mol. The highest BCUT2D eigenvalue weighted by Gasteiger charge is 2.02. The van der Waals surface area contributed by atoms with Crippen LogP contribution in [0.5, 0.6) is 0 Å². The fourth-order valence-corrected chi connectivity index (χ4v) is 1.37. The normalized spacial score (nSPS) is 9.75.